The summed E-state index contributed by atoms with van der Waals surface area (Å²) in [4.78, 5) is 2.22. The molecule has 0 radical (unpaired) electrons. The van der Waals surface area contributed by atoms with E-state index in [1.807, 2.05) is 41.2 Å². The van der Waals surface area contributed by atoms with Crippen molar-refractivity contribution < 1.29 is 9.15 Å². The van der Waals surface area contributed by atoms with E-state index in [0.717, 1.165) is 24.3 Å². The van der Waals surface area contributed by atoms with Crippen molar-refractivity contribution in [2.45, 2.75) is 25.6 Å². The van der Waals surface area contributed by atoms with E-state index in [0.29, 0.717) is 18.2 Å². The first kappa shape index (κ1) is 16.0. The van der Waals surface area contributed by atoms with E-state index in [4.69, 9.17) is 9.15 Å². The number of benzene rings is 1. The van der Waals surface area contributed by atoms with Gasteiger partial charge in [0, 0.05) is 25.5 Å². The molecule has 1 saturated heterocycles. The maximum Gasteiger partial charge on any atom is 0.246 e. The van der Waals surface area contributed by atoms with Crippen molar-refractivity contribution in [3.05, 3.63) is 60.1 Å². The highest BCUT2D eigenvalue weighted by molar-refractivity contribution is 5.34. The van der Waals surface area contributed by atoms with Gasteiger partial charge in [0.15, 0.2) is 0 Å². The predicted molar refractivity (Wildman–Crippen MR) is 91.5 cm³/mol. The van der Waals surface area contributed by atoms with Crippen LogP contribution in [0.5, 0.6) is 0 Å². The van der Waals surface area contributed by atoms with Gasteiger partial charge in [-0.1, -0.05) is 12.1 Å². The van der Waals surface area contributed by atoms with Gasteiger partial charge in [-0.2, -0.15) is 5.10 Å². The molecule has 4 rings (SSSR count). The van der Waals surface area contributed by atoms with E-state index in [2.05, 4.69) is 34.2 Å². The third kappa shape index (κ3) is 3.62. The zero-order valence-electron chi connectivity index (χ0n) is 14.4. The fourth-order valence-electron chi connectivity index (χ4n) is 3.13. The van der Waals surface area contributed by atoms with Crippen molar-refractivity contribution in [2.24, 2.45) is 0 Å². The van der Waals surface area contributed by atoms with Gasteiger partial charge in [0.05, 0.1) is 18.2 Å². The van der Waals surface area contributed by atoms with Crippen molar-refractivity contribution in [3.8, 4) is 5.69 Å². The van der Waals surface area contributed by atoms with E-state index < -0.39 is 0 Å². The highest BCUT2D eigenvalue weighted by Gasteiger charge is 2.28. The van der Waals surface area contributed by atoms with Crippen molar-refractivity contribution in [3.63, 3.8) is 0 Å². The molecular weight excluding hydrogens is 318 g/mol. The number of morpholine rings is 1. The second-order valence-electron chi connectivity index (χ2n) is 6.48. The highest BCUT2D eigenvalue weighted by atomic mass is 16.5. The summed E-state index contributed by atoms with van der Waals surface area (Å²) in [6.07, 6.45) is 4.29. The summed E-state index contributed by atoms with van der Waals surface area (Å²) in [5.74, 6) is 1.16. The molecule has 1 aliphatic heterocycles. The predicted octanol–water partition coefficient (Wildman–Crippen LogP) is 2.24. The van der Waals surface area contributed by atoms with Gasteiger partial charge in [-0.15, -0.1) is 10.2 Å². The number of rotatable bonds is 4. The Labute approximate surface area is 146 Å². The van der Waals surface area contributed by atoms with Crippen LogP contribution in [0.3, 0.4) is 0 Å². The first-order chi connectivity index (χ1) is 12.2. The molecule has 7 heteroatoms. The van der Waals surface area contributed by atoms with Gasteiger partial charge in [-0.3, -0.25) is 0 Å². The van der Waals surface area contributed by atoms with Crippen LogP contribution < -0.4 is 0 Å². The molecule has 1 aromatic carbocycles. The minimum Gasteiger partial charge on any atom is -0.422 e. The molecule has 3 aromatic rings. The molecule has 0 bridgehead atoms. The van der Waals surface area contributed by atoms with Crippen LogP contribution in [0.2, 0.25) is 0 Å². The van der Waals surface area contributed by atoms with E-state index in [1.54, 1.807) is 6.20 Å². The van der Waals surface area contributed by atoms with E-state index in [9.17, 15) is 0 Å². The average Bonchev–Trinajstić information content (AvgIpc) is 3.26. The minimum atomic E-state index is -0.155. The van der Waals surface area contributed by atoms with Gasteiger partial charge in [0.25, 0.3) is 0 Å². The molecular formula is C18H21N5O2. The number of hydrogen-bond donors (Lipinski definition) is 0. The summed E-state index contributed by atoms with van der Waals surface area (Å²) in [6, 6.07) is 10.1. The van der Waals surface area contributed by atoms with Crippen LogP contribution in [0.4, 0.5) is 0 Å². The van der Waals surface area contributed by atoms with Crippen LogP contribution in [0.25, 0.3) is 5.69 Å². The molecule has 2 aromatic heterocycles. The van der Waals surface area contributed by atoms with Gasteiger partial charge in [0.2, 0.25) is 11.8 Å². The molecule has 2 atom stereocenters. The number of nitrogens with zero attached hydrogens (tertiary/aromatic N) is 5. The maximum absolute atomic E-state index is 5.92. The molecule has 0 spiro atoms. The normalized spacial score (nSPS) is 21.5. The fraction of sp³-hybridized carbons (Fsp3) is 0.389. The lowest BCUT2D eigenvalue weighted by Crippen LogP contribution is -2.40. The van der Waals surface area contributed by atoms with Crippen LogP contribution >= 0.6 is 0 Å². The fourth-order valence-corrected chi connectivity index (χ4v) is 3.13. The largest absolute Gasteiger partial charge is 0.422 e. The molecule has 0 unspecified atom stereocenters. The van der Waals surface area contributed by atoms with Crippen molar-refractivity contribution >= 4 is 0 Å². The van der Waals surface area contributed by atoms with E-state index >= 15 is 0 Å². The Morgan fingerprint density at radius 2 is 2.00 bits per heavy atom. The quantitative estimate of drug-likeness (QED) is 0.726. The smallest absolute Gasteiger partial charge is 0.246 e. The number of hydrogen-bond acceptors (Lipinski definition) is 6. The lowest BCUT2D eigenvalue weighted by atomic mass is 10.1. The molecule has 1 fully saturated rings. The Hall–Kier alpha value is -2.51. The second-order valence-corrected chi connectivity index (χ2v) is 6.48. The Bertz CT molecular complexity index is 802. The molecule has 130 valence electrons. The Kier molecular flexibility index (Phi) is 4.33. The summed E-state index contributed by atoms with van der Waals surface area (Å²) < 4.78 is 13.6. The van der Waals surface area contributed by atoms with Crippen LogP contribution in [0, 0.1) is 0 Å². The molecule has 7 nitrogen and oxygen atoms in total. The van der Waals surface area contributed by atoms with Gasteiger partial charge in [-0.05, 0) is 37.7 Å². The molecule has 0 aliphatic carbocycles. The van der Waals surface area contributed by atoms with Crippen molar-refractivity contribution in [1.82, 2.24) is 24.9 Å². The topological polar surface area (TPSA) is 69.2 Å². The molecule has 0 saturated carbocycles. The summed E-state index contributed by atoms with van der Waals surface area (Å²) in [6.45, 7) is 3.74. The van der Waals surface area contributed by atoms with Crippen LogP contribution in [0.1, 0.15) is 30.4 Å². The minimum absolute atomic E-state index is 0.155. The Morgan fingerprint density at radius 3 is 2.72 bits per heavy atom. The zero-order chi connectivity index (χ0) is 17.2. The summed E-state index contributed by atoms with van der Waals surface area (Å²) in [7, 11) is 2.07. The molecule has 0 amide bonds. The number of ether oxygens (including phenoxy) is 1. The van der Waals surface area contributed by atoms with E-state index in [-0.39, 0.29) is 12.2 Å². The van der Waals surface area contributed by atoms with Gasteiger partial charge < -0.3 is 14.1 Å². The van der Waals surface area contributed by atoms with Gasteiger partial charge in [-0.25, -0.2) is 4.68 Å². The van der Waals surface area contributed by atoms with Crippen LogP contribution in [-0.4, -0.2) is 51.1 Å². The maximum atomic E-state index is 5.92. The third-order valence-corrected chi connectivity index (χ3v) is 4.26. The second kappa shape index (κ2) is 6.78. The number of aromatic nitrogens is 4. The summed E-state index contributed by atoms with van der Waals surface area (Å²) >= 11 is 0. The number of likely N-dealkylation sites (N-methyl/N-ethyl adjacent to an activating group) is 1. The first-order valence-electron chi connectivity index (χ1n) is 8.42. The zero-order valence-corrected chi connectivity index (χ0v) is 14.4. The Balaban J connectivity index is 1.44. The van der Waals surface area contributed by atoms with E-state index in [1.165, 1.54) is 0 Å². The van der Waals surface area contributed by atoms with Gasteiger partial charge in [0.1, 0.15) is 6.10 Å². The Morgan fingerprint density at radius 1 is 1.16 bits per heavy atom. The standard InChI is InChI=1S/C18H21N5O2/c1-13-11-22(2)12-16(24-13)18-21-20-17(25-18)10-14-4-6-15(7-5-14)23-9-3-8-19-23/h3-9,13,16H,10-12H2,1-2H3/t13-,16-/m1/s1. The monoisotopic (exact) mass is 339 g/mol. The highest BCUT2D eigenvalue weighted by Crippen LogP contribution is 2.24. The van der Waals surface area contributed by atoms with Crippen LogP contribution in [-0.2, 0) is 11.2 Å². The molecule has 1 aliphatic rings. The van der Waals surface area contributed by atoms with Gasteiger partial charge >= 0.3 is 0 Å². The molecule has 0 N–H and O–H groups in total. The first-order valence-corrected chi connectivity index (χ1v) is 8.42. The summed E-state index contributed by atoms with van der Waals surface area (Å²) in [5.41, 5.74) is 2.13. The SMILES string of the molecule is C[C@@H]1CN(C)C[C@H](c2nnc(Cc3ccc(-n4cccn4)cc3)o2)O1. The van der Waals surface area contributed by atoms with Crippen molar-refractivity contribution in [1.29, 1.82) is 0 Å². The third-order valence-electron chi connectivity index (χ3n) is 4.26. The summed E-state index contributed by atoms with van der Waals surface area (Å²) in [5, 5.41) is 12.6. The van der Waals surface area contributed by atoms with Crippen LogP contribution in [0.15, 0.2) is 47.1 Å². The van der Waals surface area contributed by atoms with Crippen molar-refractivity contribution in [2.75, 3.05) is 20.1 Å². The molecule has 3 heterocycles. The average molecular weight is 339 g/mol. The lowest BCUT2D eigenvalue weighted by Gasteiger charge is -2.32. The molecule has 25 heavy (non-hydrogen) atoms. The lowest BCUT2D eigenvalue weighted by molar-refractivity contribution is -0.0825.